The first kappa shape index (κ1) is 15.3. The van der Waals surface area contributed by atoms with Gasteiger partial charge in [0.05, 0.1) is 6.61 Å². The van der Waals surface area contributed by atoms with Crippen molar-refractivity contribution >= 4 is 5.91 Å². The van der Waals surface area contributed by atoms with Gasteiger partial charge in [-0.25, -0.2) is 0 Å². The van der Waals surface area contributed by atoms with Crippen molar-refractivity contribution in [1.29, 1.82) is 0 Å². The molecular formula is C11H23NO4. The molecule has 0 aromatic rings. The number of amides is 1. The number of methoxy groups -OCH3 is 1. The van der Waals surface area contributed by atoms with Crippen molar-refractivity contribution < 1.29 is 19.4 Å². The molecule has 0 heterocycles. The SMILES string of the molecule is CCN(CC)C(=O)C(CC)(CO)OCOC. The van der Waals surface area contributed by atoms with Gasteiger partial charge >= 0.3 is 0 Å². The lowest BCUT2D eigenvalue weighted by molar-refractivity contribution is -0.183. The zero-order chi connectivity index (χ0) is 12.6. The van der Waals surface area contributed by atoms with Gasteiger partial charge in [-0.05, 0) is 20.3 Å². The molecule has 5 heteroatoms. The van der Waals surface area contributed by atoms with Crippen LogP contribution in [0.3, 0.4) is 0 Å². The first-order valence-corrected chi connectivity index (χ1v) is 5.64. The van der Waals surface area contributed by atoms with Crippen LogP contribution in [0, 0.1) is 0 Å². The number of hydrogen-bond donors (Lipinski definition) is 1. The molecule has 0 saturated heterocycles. The van der Waals surface area contributed by atoms with Gasteiger partial charge in [0.2, 0.25) is 0 Å². The van der Waals surface area contributed by atoms with Gasteiger partial charge in [0, 0.05) is 20.2 Å². The maximum atomic E-state index is 12.2. The van der Waals surface area contributed by atoms with E-state index >= 15 is 0 Å². The van der Waals surface area contributed by atoms with Crippen LogP contribution in [0.25, 0.3) is 0 Å². The van der Waals surface area contributed by atoms with Crippen LogP contribution in [0.5, 0.6) is 0 Å². The fourth-order valence-corrected chi connectivity index (χ4v) is 1.51. The Morgan fingerprint density at radius 1 is 1.31 bits per heavy atom. The maximum Gasteiger partial charge on any atom is 0.257 e. The predicted molar refractivity (Wildman–Crippen MR) is 61.0 cm³/mol. The summed E-state index contributed by atoms with van der Waals surface area (Å²) in [5.74, 6) is -0.181. The zero-order valence-corrected chi connectivity index (χ0v) is 10.7. The Bertz CT molecular complexity index is 200. The van der Waals surface area contributed by atoms with Crippen molar-refractivity contribution in [1.82, 2.24) is 4.90 Å². The van der Waals surface area contributed by atoms with Crippen LogP contribution in [-0.4, -0.2) is 55.1 Å². The van der Waals surface area contributed by atoms with E-state index in [1.54, 1.807) is 4.90 Å². The van der Waals surface area contributed by atoms with Crippen LogP contribution in [0.1, 0.15) is 27.2 Å². The topological polar surface area (TPSA) is 59.0 Å². The van der Waals surface area contributed by atoms with E-state index in [0.29, 0.717) is 19.5 Å². The van der Waals surface area contributed by atoms with Gasteiger partial charge in [-0.2, -0.15) is 0 Å². The van der Waals surface area contributed by atoms with Crippen molar-refractivity contribution in [3.8, 4) is 0 Å². The van der Waals surface area contributed by atoms with Crippen molar-refractivity contribution in [2.45, 2.75) is 32.8 Å². The highest BCUT2D eigenvalue weighted by Crippen LogP contribution is 2.19. The number of likely N-dealkylation sites (N-methyl/N-ethyl adjacent to an activating group) is 1. The fourth-order valence-electron chi connectivity index (χ4n) is 1.51. The number of ether oxygens (including phenoxy) is 2. The molecule has 0 saturated carbocycles. The fraction of sp³-hybridized carbons (Fsp3) is 0.909. The van der Waals surface area contributed by atoms with Crippen LogP contribution in [0.4, 0.5) is 0 Å². The maximum absolute atomic E-state index is 12.2. The van der Waals surface area contributed by atoms with E-state index in [1.165, 1.54) is 7.11 Å². The van der Waals surface area contributed by atoms with Gasteiger partial charge in [-0.1, -0.05) is 6.92 Å². The number of hydrogen-bond acceptors (Lipinski definition) is 4. The zero-order valence-electron chi connectivity index (χ0n) is 10.7. The predicted octanol–water partition coefficient (Wildman–Crippen LogP) is 0.616. The molecule has 0 aliphatic rings. The lowest BCUT2D eigenvalue weighted by Gasteiger charge is -2.34. The van der Waals surface area contributed by atoms with E-state index in [0.717, 1.165) is 0 Å². The summed E-state index contributed by atoms with van der Waals surface area (Å²) >= 11 is 0. The van der Waals surface area contributed by atoms with E-state index in [-0.39, 0.29) is 19.3 Å². The Kier molecular flexibility index (Phi) is 7.29. The van der Waals surface area contributed by atoms with E-state index in [2.05, 4.69) is 0 Å². The third-order valence-electron chi connectivity index (χ3n) is 2.72. The molecule has 0 aliphatic carbocycles. The molecule has 1 N–H and O–H groups in total. The molecule has 1 atom stereocenters. The Balaban J connectivity index is 4.79. The molecule has 0 aromatic carbocycles. The van der Waals surface area contributed by atoms with E-state index in [9.17, 15) is 9.90 Å². The Morgan fingerprint density at radius 2 is 1.88 bits per heavy atom. The number of carbonyl (C=O) groups is 1. The third kappa shape index (κ3) is 3.43. The second-order valence-electron chi connectivity index (χ2n) is 3.53. The molecule has 0 rings (SSSR count). The minimum atomic E-state index is -1.16. The summed E-state index contributed by atoms with van der Waals surface area (Å²) in [6.45, 7) is 6.49. The Labute approximate surface area is 97.3 Å². The molecular weight excluding hydrogens is 210 g/mol. The third-order valence-corrected chi connectivity index (χ3v) is 2.72. The first-order valence-electron chi connectivity index (χ1n) is 5.64. The molecule has 0 bridgehead atoms. The Hall–Kier alpha value is -0.650. The summed E-state index contributed by atoms with van der Waals surface area (Å²) in [5, 5.41) is 9.39. The van der Waals surface area contributed by atoms with Crippen molar-refractivity contribution in [3.05, 3.63) is 0 Å². The van der Waals surface area contributed by atoms with Crippen LogP contribution < -0.4 is 0 Å². The van der Waals surface area contributed by atoms with Gasteiger partial charge in [0.1, 0.15) is 6.79 Å². The molecule has 16 heavy (non-hydrogen) atoms. The van der Waals surface area contributed by atoms with Gasteiger partial charge < -0.3 is 19.5 Å². The van der Waals surface area contributed by atoms with Crippen molar-refractivity contribution in [2.24, 2.45) is 0 Å². The number of aliphatic hydroxyl groups excluding tert-OH is 1. The van der Waals surface area contributed by atoms with Crippen LogP contribution in [0.2, 0.25) is 0 Å². The number of rotatable bonds is 8. The average Bonchev–Trinajstić information content (AvgIpc) is 2.33. The molecule has 1 unspecified atom stereocenters. The van der Waals surface area contributed by atoms with Crippen LogP contribution in [-0.2, 0) is 14.3 Å². The van der Waals surface area contributed by atoms with Gasteiger partial charge in [0.15, 0.2) is 5.60 Å². The summed E-state index contributed by atoms with van der Waals surface area (Å²) in [6.07, 6.45) is 0.419. The van der Waals surface area contributed by atoms with Crippen molar-refractivity contribution in [3.63, 3.8) is 0 Å². The molecule has 96 valence electrons. The molecule has 1 amide bonds. The van der Waals surface area contributed by atoms with E-state index < -0.39 is 5.60 Å². The molecule has 5 nitrogen and oxygen atoms in total. The number of carbonyl (C=O) groups excluding carboxylic acids is 1. The quantitative estimate of drug-likeness (QED) is 0.624. The highest BCUT2D eigenvalue weighted by molar-refractivity contribution is 5.85. The van der Waals surface area contributed by atoms with E-state index in [1.807, 2.05) is 20.8 Å². The van der Waals surface area contributed by atoms with Gasteiger partial charge in [-0.15, -0.1) is 0 Å². The van der Waals surface area contributed by atoms with Crippen LogP contribution in [0.15, 0.2) is 0 Å². The molecule has 0 fully saturated rings. The Morgan fingerprint density at radius 3 is 2.19 bits per heavy atom. The summed E-state index contributed by atoms with van der Waals surface area (Å²) in [5.41, 5.74) is -1.16. The highest BCUT2D eigenvalue weighted by Gasteiger charge is 2.39. The van der Waals surface area contributed by atoms with Crippen molar-refractivity contribution in [2.75, 3.05) is 33.6 Å². The molecule has 0 aromatic heterocycles. The second-order valence-corrected chi connectivity index (χ2v) is 3.53. The monoisotopic (exact) mass is 233 g/mol. The summed E-state index contributed by atoms with van der Waals surface area (Å²) in [6, 6.07) is 0. The summed E-state index contributed by atoms with van der Waals surface area (Å²) < 4.78 is 10.2. The normalized spacial score (nSPS) is 14.6. The average molecular weight is 233 g/mol. The minimum Gasteiger partial charge on any atom is -0.393 e. The van der Waals surface area contributed by atoms with Gasteiger partial charge in [-0.3, -0.25) is 4.79 Å². The minimum absolute atomic E-state index is 0.00140. The smallest absolute Gasteiger partial charge is 0.257 e. The largest absolute Gasteiger partial charge is 0.393 e. The molecule has 0 radical (unpaired) electrons. The lowest BCUT2D eigenvalue weighted by atomic mass is 9.99. The molecule has 0 spiro atoms. The van der Waals surface area contributed by atoms with Crippen LogP contribution >= 0.6 is 0 Å². The van der Waals surface area contributed by atoms with E-state index in [4.69, 9.17) is 9.47 Å². The highest BCUT2D eigenvalue weighted by atomic mass is 16.7. The number of aliphatic hydroxyl groups is 1. The van der Waals surface area contributed by atoms with Gasteiger partial charge in [0.25, 0.3) is 5.91 Å². The molecule has 0 aliphatic heterocycles. The number of nitrogens with zero attached hydrogens (tertiary/aromatic N) is 1. The summed E-state index contributed by atoms with van der Waals surface area (Å²) in [7, 11) is 1.49. The first-order chi connectivity index (χ1) is 7.61. The lowest BCUT2D eigenvalue weighted by Crippen LogP contribution is -2.53. The standard InChI is InChI=1S/C11H23NO4/c1-5-11(8-13,16-9-15-4)10(14)12(6-2)7-3/h13H,5-9H2,1-4H3. The summed E-state index contributed by atoms with van der Waals surface area (Å²) in [4.78, 5) is 13.8. The second kappa shape index (κ2) is 7.60.